The van der Waals surface area contributed by atoms with Gasteiger partial charge in [0.1, 0.15) is 5.75 Å². The Labute approximate surface area is 120 Å². The summed E-state index contributed by atoms with van der Waals surface area (Å²) in [5.74, 6) is 0.586. The molecular weight excluding hydrogens is 268 g/mol. The van der Waals surface area contributed by atoms with Crippen LogP contribution in [0, 0.1) is 6.92 Å². The zero-order valence-electron chi connectivity index (χ0n) is 11.7. The Morgan fingerprint density at radius 3 is 2.67 bits per heavy atom. The fraction of sp³-hybridized carbons (Fsp3) is 0.125. The summed E-state index contributed by atoms with van der Waals surface area (Å²) in [4.78, 5) is 27.5. The number of nitrogens with one attached hydrogen (secondary N) is 1. The van der Waals surface area contributed by atoms with Gasteiger partial charge in [0.05, 0.1) is 23.7 Å². The molecule has 3 aromatic rings. The van der Waals surface area contributed by atoms with Crippen molar-refractivity contribution >= 4 is 10.9 Å². The summed E-state index contributed by atoms with van der Waals surface area (Å²) >= 11 is 0. The van der Waals surface area contributed by atoms with Crippen LogP contribution < -0.4 is 16.0 Å². The van der Waals surface area contributed by atoms with Crippen LogP contribution in [0.15, 0.2) is 52.1 Å². The summed E-state index contributed by atoms with van der Waals surface area (Å²) in [6.07, 6.45) is 0. The van der Waals surface area contributed by atoms with Crippen LogP contribution in [0.1, 0.15) is 5.56 Å². The Balaban J connectivity index is 2.35. The van der Waals surface area contributed by atoms with Crippen LogP contribution in [-0.4, -0.2) is 16.7 Å². The number of fused-ring (bicyclic) bond motifs is 1. The molecule has 106 valence electrons. The first kappa shape index (κ1) is 13.2. The summed E-state index contributed by atoms with van der Waals surface area (Å²) in [7, 11) is 1.54. The number of benzene rings is 2. The van der Waals surface area contributed by atoms with Crippen LogP contribution in [0.3, 0.4) is 0 Å². The number of ether oxygens (including phenoxy) is 1. The van der Waals surface area contributed by atoms with Crippen molar-refractivity contribution in [2.75, 3.05) is 7.11 Å². The van der Waals surface area contributed by atoms with Crippen LogP contribution in [0.25, 0.3) is 16.6 Å². The summed E-state index contributed by atoms with van der Waals surface area (Å²) in [5, 5.41) is 0.475. The molecule has 0 atom stereocenters. The van der Waals surface area contributed by atoms with E-state index in [2.05, 4.69) is 4.98 Å². The van der Waals surface area contributed by atoms with Crippen LogP contribution >= 0.6 is 0 Å². The molecule has 0 aliphatic heterocycles. The molecule has 0 saturated carbocycles. The summed E-state index contributed by atoms with van der Waals surface area (Å²) in [6.45, 7) is 1.91. The van der Waals surface area contributed by atoms with Gasteiger partial charge in [0.25, 0.3) is 5.56 Å². The lowest BCUT2D eigenvalue weighted by Gasteiger charge is -2.08. The molecule has 1 aromatic heterocycles. The molecule has 0 amide bonds. The number of hydrogen-bond acceptors (Lipinski definition) is 3. The standard InChI is InChI=1S/C16H14N2O3/c1-10-6-7-13-14(8-10)17-16(20)18(15(13)19)11-4-3-5-12(9-11)21-2/h3-9H,1-2H3,(H,17,20). The zero-order valence-corrected chi connectivity index (χ0v) is 11.7. The topological polar surface area (TPSA) is 64.1 Å². The molecule has 0 saturated heterocycles. The van der Waals surface area contributed by atoms with Crippen LogP contribution in [0.5, 0.6) is 5.75 Å². The Hall–Kier alpha value is -2.82. The highest BCUT2D eigenvalue weighted by molar-refractivity contribution is 5.78. The molecule has 0 aliphatic carbocycles. The lowest BCUT2D eigenvalue weighted by molar-refractivity contribution is 0.414. The van der Waals surface area contributed by atoms with Gasteiger partial charge in [0.2, 0.25) is 0 Å². The lowest BCUT2D eigenvalue weighted by atomic mass is 10.2. The SMILES string of the molecule is COc1cccc(-n2c(=O)[nH]c3cc(C)ccc3c2=O)c1. The second kappa shape index (κ2) is 4.94. The predicted octanol–water partition coefficient (Wildman–Crippen LogP) is 2.00. The van der Waals surface area contributed by atoms with Crippen LogP contribution in [0.4, 0.5) is 0 Å². The number of aromatic nitrogens is 2. The van der Waals surface area contributed by atoms with Crippen molar-refractivity contribution in [1.29, 1.82) is 0 Å². The summed E-state index contributed by atoms with van der Waals surface area (Å²) in [6, 6.07) is 12.2. The normalized spacial score (nSPS) is 10.8. The van der Waals surface area contributed by atoms with Crippen molar-refractivity contribution in [3.8, 4) is 11.4 Å². The molecule has 0 unspecified atom stereocenters. The number of rotatable bonds is 2. The maximum atomic E-state index is 12.6. The number of aryl methyl sites for hydroxylation is 1. The van der Waals surface area contributed by atoms with Crippen LogP contribution in [0.2, 0.25) is 0 Å². The van der Waals surface area contributed by atoms with Gasteiger partial charge in [-0.3, -0.25) is 4.79 Å². The van der Waals surface area contributed by atoms with Crippen molar-refractivity contribution in [1.82, 2.24) is 9.55 Å². The van der Waals surface area contributed by atoms with E-state index < -0.39 is 5.69 Å². The van der Waals surface area contributed by atoms with E-state index in [0.717, 1.165) is 10.1 Å². The van der Waals surface area contributed by atoms with E-state index in [1.165, 1.54) is 7.11 Å². The molecule has 21 heavy (non-hydrogen) atoms. The minimum Gasteiger partial charge on any atom is -0.497 e. The quantitative estimate of drug-likeness (QED) is 0.782. The molecule has 0 bridgehead atoms. The first-order valence-electron chi connectivity index (χ1n) is 6.50. The van der Waals surface area contributed by atoms with E-state index in [1.54, 1.807) is 36.4 Å². The molecular formula is C16H14N2O3. The highest BCUT2D eigenvalue weighted by Gasteiger charge is 2.10. The fourth-order valence-corrected chi connectivity index (χ4v) is 2.32. The molecule has 5 nitrogen and oxygen atoms in total. The van der Waals surface area contributed by atoms with Crippen molar-refractivity contribution in [3.63, 3.8) is 0 Å². The number of hydrogen-bond donors (Lipinski definition) is 1. The first-order valence-corrected chi connectivity index (χ1v) is 6.50. The van der Waals surface area contributed by atoms with Gasteiger partial charge < -0.3 is 9.72 Å². The Bertz CT molecular complexity index is 938. The molecule has 1 N–H and O–H groups in total. The van der Waals surface area contributed by atoms with Gasteiger partial charge in [-0.2, -0.15) is 0 Å². The maximum absolute atomic E-state index is 12.6. The lowest BCUT2D eigenvalue weighted by Crippen LogP contribution is -2.33. The third-order valence-corrected chi connectivity index (χ3v) is 3.36. The average Bonchev–Trinajstić information content (AvgIpc) is 2.47. The molecule has 0 spiro atoms. The summed E-state index contributed by atoms with van der Waals surface area (Å²) in [5.41, 5.74) is 1.19. The van der Waals surface area contributed by atoms with Gasteiger partial charge in [-0.1, -0.05) is 12.1 Å². The highest BCUT2D eigenvalue weighted by atomic mass is 16.5. The van der Waals surface area contributed by atoms with E-state index in [0.29, 0.717) is 22.3 Å². The zero-order chi connectivity index (χ0) is 15.0. The molecule has 5 heteroatoms. The van der Waals surface area contributed by atoms with Crippen molar-refractivity contribution in [2.45, 2.75) is 6.92 Å². The molecule has 3 rings (SSSR count). The Morgan fingerprint density at radius 2 is 1.90 bits per heavy atom. The van der Waals surface area contributed by atoms with Crippen molar-refractivity contribution in [3.05, 3.63) is 68.9 Å². The third-order valence-electron chi connectivity index (χ3n) is 3.36. The minimum absolute atomic E-state index is 0.345. The maximum Gasteiger partial charge on any atom is 0.333 e. The van der Waals surface area contributed by atoms with Crippen LogP contribution in [-0.2, 0) is 0 Å². The van der Waals surface area contributed by atoms with Gasteiger partial charge >= 0.3 is 5.69 Å². The second-order valence-corrected chi connectivity index (χ2v) is 4.82. The molecule has 0 aliphatic rings. The van der Waals surface area contributed by atoms with E-state index in [4.69, 9.17) is 4.74 Å². The second-order valence-electron chi connectivity index (χ2n) is 4.82. The highest BCUT2D eigenvalue weighted by Crippen LogP contribution is 2.15. The number of nitrogens with zero attached hydrogens (tertiary/aromatic N) is 1. The van der Waals surface area contributed by atoms with E-state index in [1.807, 2.05) is 13.0 Å². The molecule has 1 heterocycles. The van der Waals surface area contributed by atoms with Crippen molar-refractivity contribution < 1.29 is 4.74 Å². The Morgan fingerprint density at radius 1 is 1.10 bits per heavy atom. The first-order chi connectivity index (χ1) is 10.1. The average molecular weight is 282 g/mol. The molecule has 2 aromatic carbocycles. The number of H-pyrrole nitrogens is 1. The monoisotopic (exact) mass is 282 g/mol. The molecule has 0 fully saturated rings. The van der Waals surface area contributed by atoms with E-state index in [-0.39, 0.29) is 5.56 Å². The van der Waals surface area contributed by atoms with Gasteiger partial charge in [0, 0.05) is 6.07 Å². The van der Waals surface area contributed by atoms with Gasteiger partial charge in [-0.25, -0.2) is 9.36 Å². The van der Waals surface area contributed by atoms with Gasteiger partial charge in [0.15, 0.2) is 0 Å². The van der Waals surface area contributed by atoms with E-state index >= 15 is 0 Å². The Kier molecular flexibility index (Phi) is 3.10. The molecule has 0 radical (unpaired) electrons. The van der Waals surface area contributed by atoms with Crippen molar-refractivity contribution in [2.24, 2.45) is 0 Å². The van der Waals surface area contributed by atoms with Gasteiger partial charge in [-0.15, -0.1) is 0 Å². The smallest absolute Gasteiger partial charge is 0.333 e. The largest absolute Gasteiger partial charge is 0.497 e. The number of aromatic amines is 1. The fourth-order valence-electron chi connectivity index (χ4n) is 2.32. The number of methoxy groups -OCH3 is 1. The van der Waals surface area contributed by atoms with Gasteiger partial charge in [-0.05, 0) is 36.8 Å². The predicted molar refractivity (Wildman–Crippen MR) is 81.5 cm³/mol. The minimum atomic E-state index is -0.466. The van der Waals surface area contributed by atoms with E-state index in [9.17, 15) is 9.59 Å². The third kappa shape index (κ3) is 2.23. The summed E-state index contributed by atoms with van der Waals surface area (Å²) < 4.78 is 6.24.